The maximum Gasteiger partial charge on any atom is 0.264 e. The molecule has 69 heavy (non-hydrogen) atoms. The summed E-state index contributed by atoms with van der Waals surface area (Å²) in [7, 11) is 0. The van der Waals surface area contributed by atoms with Gasteiger partial charge in [0.05, 0.1) is 16.7 Å². The van der Waals surface area contributed by atoms with Crippen molar-refractivity contribution in [3.63, 3.8) is 0 Å². The predicted octanol–water partition coefficient (Wildman–Crippen LogP) is 16.3. The van der Waals surface area contributed by atoms with Gasteiger partial charge in [0.25, 0.3) is 6.71 Å². The van der Waals surface area contributed by atoms with E-state index in [9.17, 15) is 0 Å². The Morgan fingerprint density at radius 1 is 0.464 bits per heavy atom. The summed E-state index contributed by atoms with van der Waals surface area (Å²) in [6, 6.07) is 54.6. The van der Waals surface area contributed by atoms with Crippen LogP contribution in [-0.4, -0.2) is 11.3 Å². The number of rotatable bonds is 3. The average molecular weight is 920 g/mol. The fraction of sp³-hybridized carbons (Fsp3) is 0.312. The first-order chi connectivity index (χ1) is 32.6. The first-order valence-corrected chi connectivity index (χ1v) is 26.2. The minimum Gasteiger partial charge on any atom is -0.311 e. The standard InChI is InChI=1S/C64H66BN3S/c1-60(2,3)39-22-25-42(26-23-39)66-53-38-44(67-51-20-16-14-18-45(51)46-19-15-17-21-52(46)67)28-31-50(53)65-57-54(66)34-41(62(7,8)9)35-55(57)68(43-27-30-48-49(37-43)64(12,13)33-32-63(48,10)11)58-47-29-24-40(61(4,5)6)36-56(47)69-59(58)65/h14-31,34-38H,32-33H2,1-13H3. The smallest absolute Gasteiger partial charge is 0.264 e. The van der Waals surface area contributed by atoms with E-state index in [0.29, 0.717) is 0 Å². The number of hydrogen-bond acceptors (Lipinski definition) is 3. The van der Waals surface area contributed by atoms with Crippen molar-refractivity contribution in [2.45, 2.75) is 130 Å². The van der Waals surface area contributed by atoms with Crippen LogP contribution in [0.25, 0.3) is 37.6 Å². The van der Waals surface area contributed by atoms with Crippen molar-refractivity contribution in [1.82, 2.24) is 4.57 Å². The molecule has 0 saturated carbocycles. The zero-order valence-corrected chi connectivity index (χ0v) is 43.8. The van der Waals surface area contributed by atoms with Crippen LogP contribution in [-0.2, 0) is 27.1 Å². The van der Waals surface area contributed by atoms with E-state index in [1.54, 1.807) is 0 Å². The minimum atomic E-state index is -0.125. The number of fused-ring (bicyclic) bond motifs is 10. The minimum absolute atomic E-state index is 0.0195. The maximum absolute atomic E-state index is 2.70. The van der Waals surface area contributed by atoms with Crippen molar-refractivity contribution in [1.29, 1.82) is 0 Å². The SMILES string of the molecule is CC(C)(C)c1ccc(N2c3cc(-n4c5ccccc5c5ccccc54)ccc3B3c4sc5cc(C(C)(C)C)ccc5c4N(c4ccc5c(c4)C(C)(C)CCC5(C)C)c4cc(C(C)(C)C)cc2c43)cc1. The fourth-order valence-electron chi connectivity index (χ4n) is 12.1. The molecule has 7 aromatic carbocycles. The number of nitrogens with zero attached hydrogens (tertiary/aromatic N) is 3. The first-order valence-electron chi connectivity index (χ1n) is 25.3. The lowest BCUT2D eigenvalue weighted by atomic mass is 9.36. The molecule has 346 valence electrons. The first kappa shape index (κ1) is 44.2. The van der Waals surface area contributed by atoms with Crippen molar-refractivity contribution in [2.75, 3.05) is 9.80 Å². The van der Waals surface area contributed by atoms with Crippen LogP contribution in [0.4, 0.5) is 34.1 Å². The number of aromatic nitrogens is 1. The molecule has 0 amide bonds. The summed E-state index contributed by atoms with van der Waals surface area (Å²) in [6.45, 7) is 31.0. The third-order valence-corrected chi connectivity index (χ3v) is 17.5. The van der Waals surface area contributed by atoms with Gasteiger partial charge in [-0.05, 0) is 145 Å². The second-order valence-electron chi connectivity index (χ2n) is 25.0. The summed E-state index contributed by atoms with van der Waals surface area (Å²) in [5.41, 5.74) is 21.0. The van der Waals surface area contributed by atoms with Crippen LogP contribution in [0.15, 0.2) is 140 Å². The molecule has 0 spiro atoms. The second-order valence-corrected chi connectivity index (χ2v) is 26.0. The largest absolute Gasteiger partial charge is 0.311 e. The van der Waals surface area contributed by atoms with Crippen LogP contribution in [0.3, 0.4) is 0 Å². The van der Waals surface area contributed by atoms with Gasteiger partial charge in [0.2, 0.25) is 0 Å². The number of benzene rings is 7. The van der Waals surface area contributed by atoms with Crippen molar-refractivity contribution in [3.8, 4) is 5.69 Å². The molecule has 2 aliphatic heterocycles. The van der Waals surface area contributed by atoms with Gasteiger partial charge in [-0.2, -0.15) is 0 Å². The molecule has 0 radical (unpaired) electrons. The van der Waals surface area contributed by atoms with Gasteiger partial charge in [-0.25, -0.2) is 0 Å². The summed E-state index contributed by atoms with van der Waals surface area (Å²) in [6.07, 6.45) is 2.37. The summed E-state index contributed by atoms with van der Waals surface area (Å²) in [4.78, 5) is 5.32. The quantitative estimate of drug-likeness (QED) is 0.164. The van der Waals surface area contributed by atoms with E-state index in [2.05, 4.69) is 244 Å². The molecule has 2 aromatic heterocycles. The van der Waals surface area contributed by atoms with E-state index >= 15 is 0 Å². The Hall–Kier alpha value is -6.04. The molecule has 0 unspecified atom stereocenters. The zero-order valence-electron chi connectivity index (χ0n) is 43.0. The second kappa shape index (κ2) is 14.7. The van der Waals surface area contributed by atoms with Crippen LogP contribution in [0.5, 0.6) is 0 Å². The van der Waals surface area contributed by atoms with Gasteiger partial charge in [0, 0.05) is 59.8 Å². The summed E-state index contributed by atoms with van der Waals surface area (Å²) >= 11 is 2.01. The Kier molecular flexibility index (Phi) is 9.45. The summed E-state index contributed by atoms with van der Waals surface area (Å²) < 4.78 is 5.25. The molecule has 12 rings (SSSR count). The third kappa shape index (κ3) is 6.73. The molecule has 0 N–H and O–H groups in total. The van der Waals surface area contributed by atoms with Crippen LogP contribution in [0, 0.1) is 0 Å². The average Bonchev–Trinajstić information content (AvgIpc) is 3.85. The van der Waals surface area contributed by atoms with E-state index in [1.807, 2.05) is 11.3 Å². The lowest BCUT2D eigenvalue weighted by Gasteiger charge is -2.45. The molecule has 9 aromatic rings. The van der Waals surface area contributed by atoms with Gasteiger partial charge in [0.1, 0.15) is 0 Å². The lowest BCUT2D eigenvalue weighted by molar-refractivity contribution is 0.332. The molecule has 0 fully saturated rings. The maximum atomic E-state index is 2.70. The van der Waals surface area contributed by atoms with Crippen molar-refractivity contribution < 1.29 is 0 Å². The highest BCUT2D eigenvalue weighted by molar-refractivity contribution is 7.33. The van der Waals surface area contributed by atoms with Crippen LogP contribution in [0.2, 0.25) is 0 Å². The monoisotopic (exact) mass is 920 g/mol. The van der Waals surface area contributed by atoms with E-state index in [4.69, 9.17) is 0 Å². The van der Waals surface area contributed by atoms with E-state index < -0.39 is 0 Å². The fourth-order valence-corrected chi connectivity index (χ4v) is 13.4. The Morgan fingerprint density at radius 2 is 1.01 bits per heavy atom. The van der Waals surface area contributed by atoms with Crippen LogP contribution < -0.4 is 25.5 Å². The van der Waals surface area contributed by atoms with Gasteiger partial charge < -0.3 is 14.4 Å². The molecule has 4 heterocycles. The highest BCUT2D eigenvalue weighted by Gasteiger charge is 2.47. The zero-order chi connectivity index (χ0) is 48.3. The molecule has 0 bridgehead atoms. The van der Waals surface area contributed by atoms with Gasteiger partial charge in [-0.3, -0.25) is 0 Å². The topological polar surface area (TPSA) is 11.4 Å². The summed E-state index contributed by atoms with van der Waals surface area (Å²) in [5, 5.41) is 3.88. The third-order valence-electron chi connectivity index (χ3n) is 16.3. The van der Waals surface area contributed by atoms with Gasteiger partial charge in [0.15, 0.2) is 0 Å². The molecule has 1 aliphatic carbocycles. The van der Waals surface area contributed by atoms with Crippen molar-refractivity contribution in [2.24, 2.45) is 0 Å². The highest BCUT2D eigenvalue weighted by atomic mass is 32.1. The molecule has 3 nitrogen and oxygen atoms in total. The van der Waals surface area contributed by atoms with Crippen LogP contribution in [0.1, 0.15) is 131 Å². The normalized spacial score (nSPS) is 16.2. The lowest BCUT2D eigenvalue weighted by Crippen LogP contribution is -2.60. The Morgan fingerprint density at radius 3 is 1.64 bits per heavy atom. The summed E-state index contributed by atoms with van der Waals surface area (Å²) in [5.74, 6) is 0. The molecular formula is C64H66BN3S. The van der Waals surface area contributed by atoms with Crippen LogP contribution >= 0.6 is 11.3 Å². The molecule has 3 aliphatic rings. The van der Waals surface area contributed by atoms with E-state index in [-0.39, 0.29) is 33.8 Å². The Labute approximate surface area is 414 Å². The molecule has 5 heteroatoms. The number of hydrogen-bond donors (Lipinski definition) is 0. The van der Waals surface area contributed by atoms with E-state index in [1.165, 1.54) is 128 Å². The number of anilines is 6. The predicted molar refractivity (Wildman–Crippen MR) is 302 cm³/mol. The van der Waals surface area contributed by atoms with Gasteiger partial charge in [-0.1, -0.05) is 163 Å². The number of thiophene rings is 1. The van der Waals surface area contributed by atoms with Crippen molar-refractivity contribution in [3.05, 3.63) is 167 Å². The molecule has 0 atom stereocenters. The Balaban J connectivity index is 1.20. The van der Waals surface area contributed by atoms with E-state index in [0.717, 1.165) is 0 Å². The van der Waals surface area contributed by atoms with Crippen molar-refractivity contribution >= 4 is 99.8 Å². The van der Waals surface area contributed by atoms with Gasteiger partial charge >= 0.3 is 0 Å². The highest BCUT2D eigenvalue weighted by Crippen LogP contribution is 2.53. The van der Waals surface area contributed by atoms with Gasteiger partial charge in [-0.15, -0.1) is 11.3 Å². The molecular weight excluding hydrogens is 854 g/mol. The molecule has 0 saturated heterocycles. The number of para-hydroxylation sites is 2. The Bertz CT molecular complexity index is 3530.